The standard InChI is InChI=1S/C16H21ClF2N2O4/c1-16(2,3)21-15(23)25-12(9-24-14(18)19)13(22)20-8-10-4-6-11(17)7-5-10/h4-7,12,14H,8-9H2,1-3H3,(H,20,22)(H,21,23)/t12-/m1/s1. The Morgan fingerprint density at radius 3 is 2.32 bits per heavy atom. The fraction of sp³-hybridized carbons (Fsp3) is 0.500. The average Bonchev–Trinajstić information content (AvgIpc) is 2.48. The van der Waals surface area contributed by atoms with Crippen molar-refractivity contribution in [1.82, 2.24) is 10.6 Å². The summed E-state index contributed by atoms with van der Waals surface area (Å²) in [7, 11) is 0. The lowest BCUT2D eigenvalue weighted by molar-refractivity contribution is -0.158. The Morgan fingerprint density at radius 1 is 1.20 bits per heavy atom. The fourth-order valence-electron chi connectivity index (χ4n) is 1.69. The molecule has 0 saturated heterocycles. The third-order valence-corrected chi connectivity index (χ3v) is 3.02. The molecule has 1 atom stereocenters. The molecule has 1 rings (SSSR count). The summed E-state index contributed by atoms with van der Waals surface area (Å²) in [6, 6.07) is 6.68. The van der Waals surface area contributed by atoms with E-state index < -0.39 is 36.9 Å². The molecule has 0 aromatic heterocycles. The third-order valence-electron chi connectivity index (χ3n) is 2.77. The van der Waals surface area contributed by atoms with E-state index in [4.69, 9.17) is 16.3 Å². The Hall–Kier alpha value is -1.93. The zero-order valence-corrected chi connectivity index (χ0v) is 14.9. The zero-order valence-electron chi connectivity index (χ0n) is 14.1. The Kier molecular flexibility index (Phi) is 8.05. The topological polar surface area (TPSA) is 76.7 Å². The van der Waals surface area contributed by atoms with Crippen LogP contribution in [0.3, 0.4) is 0 Å². The average molecular weight is 379 g/mol. The number of ether oxygens (including phenoxy) is 2. The van der Waals surface area contributed by atoms with Crippen molar-refractivity contribution in [3.8, 4) is 0 Å². The lowest BCUT2D eigenvalue weighted by Gasteiger charge is -2.23. The highest BCUT2D eigenvalue weighted by atomic mass is 35.5. The second-order valence-electron chi connectivity index (χ2n) is 6.21. The summed E-state index contributed by atoms with van der Waals surface area (Å²) in [5, 5.41) is 5.51. The van der Waals surface area contributed by atoms with Crippen LogP contribution in [0.1, 0.15) is 26.3 Å². The van der Waals surface area contributed by atoms with Gasteiger partial charge in [0.1, 0.15) is 0 Å². The van der Waals surface area contributed by atoms with Crippen molar-refractivity contribution in [2.45, 2.75) is 45.6 Å². The van der Waals surface area contributed by atoms with Crippen molar-refractivity contribution in [1.29, 1.82) is 0 Å². The van der Waals surface area contributed by atoms with Gasteiger partial charge in [-0.15, -0.1) is 0 Å². The molecule has 140 valence electrons. The maximum Gasteiger partial charge on any atom is 0.408 e. The summed E-state index contributed by atoms with van der Waals surface area (Å²) in [5.41, 5.74) is 0.135. The molecule has 0 fully saturated rings. The molecule has 0 aliphatic heterocycles. The molecule has 1 aromatic carbocycles. The number of carbonyl (C=O) groups excluding carboxylic acids is 2. The van der Waals surface area contributed by atoms with Crippen molar-refractivity contribution in [2.75, 3.05) is 6.61 Å². The Bertz CT molecular complexity index is 576. The highest BCUT2D eigenvalue weighted by molar-refractivity contribution is 6.30. The molecule has 1 aromatic rings. The molecule has 0 saturated carbocycles. The van der Waals surface area contributed by atoms with Gasteiger partial charge in [-0.25, -0.2) is 4.79 Å². The molecule has 6 nitrogen and oxygen atoms in total. The van der Waals surface area contributed by atoms with Crippen LogP contribution in [0.2, 0.25) is 5.02 Å². The van der Waals surface area contributed by atoms with Crippen LogP contribution in [-0.4, -0.2) is 36.9 Å². The third kappa shape index (κ3) is 9.21. The minimum absolute atomic E-state index is 0.116. The molecule has 2 amide bonds. The number of hydrogen-bond donors (Lipinski definition) is 2. The Morgan fingerprint density at radius 2 is 1.80 bits per heavy atom. The zero-order chi connectivity index (χ0) is 19.0. The summed E-state index contributed by atoms with van der Waals surface area (Å²) in [6.45, 7) is 1.40. The van der Waals surface area contributed by atoms with Crippen molar-refractivity contribution in [3.63, 3.8) is 0 Å². The predicted molar refractivity (Wildman–Crippen MR) is 88.4 cm³/mol. The van der Waals surface area contributed by atoms with Crippen LogP contribution in [-0.2, 0) is 20.8 Å². The number of hydrogen-bond acceptors (Lipinski definition) is 4. The van der Waals surface area contributed by atoms with Gasteiger partial charge in [0.25, 0.3) is 5.91 Å². The van der Waals surface area contributed by atoms with Crippen LogP contribution in [0.5, 0.6) is 0 Å². The maximum absolute atomic E-state index is 12.2. The fourth-order valence-corrected chi connectivity index (χ4v) is 1.82. The number of halogens is 3. The van der Waals surface area contributed by atoms with E-state index in [9.17, 15) is 18.4 Å². The minimum atomic E-state index is -3.08. The predicted octanol–water partition coefficient (Wildman–Crippen LogP) is 3.09. The van der Waals surface area contributed by atoms with E-state index in [1.807, 2.05) is 0 Å². The number of alkyl carbamates (subject to hydrolysis) is 1. The highest BCUT2D eigenvalue weighted by Gasteiger charge is 2.26. The summed E-state index contributed by atoms with van der Waals surface area (Å²) in [6.07, 6.45) is -2.42. The van der Waals surface area contributed by atoms with Gasteiger partial charge >= 0.3 is 12.7 Å². The lowest BCUT2D eigenvalue weighted by atomic mass is 10.1. The normalized spacial score (nSPS) is 12.6. The number of benzene rings is 1. The smallest absolute Gasteiger partial charge is 0.408 e. The molecule has 0 unspecified atom stereocenters. The number of carbonyl (C=O) groups is 2. The molecule has 2 N–H and O–H groups in total. The first-order valence-electron chi connectivity index (χ1n) is 7.47. The van der Waals surface area contributed by atoms with Gasteiger partial charge in [-0.1, -0.05) is 23.7 Å². The molecule has 0 heterocycles. The van der Waals surface area contributed by atoms with Gasteiger partial charge in [0.15, 0.2) is 0 Å². The van der Waals surface area contributed by atoms with Crippen LogP contribution in [0.15, 0.2) is 24.3 Å². The number of nitrogens with one attached hydrogen (secondary N) is 2. The summed E-state index contributed by atoms with van der Waals surface area (Å²) < 4.78 is 33.5. The van der Waals surface area contributed by atoms with Gasteiger partial charge in [-0.05, 0) is 38.5 Å². The van der Waals surface area contributed by atoms with Crippen LogP contribution < -0.4 is 10.6 Å². The molecule has 9 heteroatoms. The van der Waals surface area contributed by atoms with Crippen LogP contribution in [0, 0.1) is 0 Å². The van der Waals surface area contributed by atoms with Crippen molar-refractivity contribution in [2.24, 2.45) is 0 Å². The number of rotatable bonds is 7. The molecular formula is C16H21ClF2N2O4. The molecule has 0 aliphatic rings. The molecule has 0 spiro atoms. The van der Waals surface area contributed by atoms with Crippen molar-refractivity contribution in [3.05, 3.63) is 34.9 Å². The van der Waals surface area contributed by atoms with E-state index in [1.54, 1.807) is 45.0 Å². The van der Waals surface area contributed by atoms with Crippen molar-refractivity contribution >= 4 is 23.6 Å². The van der Waals surface area contributed by atoms with Crippen LogP contribution >= 0.6 is 11.6 Å². The minimum Gasteiger partial charge on any atom is -0.434 e. The largest absolute Gasteiger partial charge is 0.434 e. The molecule has 25 heavy (non-hydrogen) atoms. The number of amides is 2. The SMILES string of the molecule is CC(C)(C)NC(=O)O[C@H](COC(F)F)C(=O)NCc1ccc(Cl)cc1. The maximum atomic E-state index is 12.2. The number of alkyl halides is 2. The quantitative estimate of drug-likeness (QED) is 0.764. The van der Waals surface area contributed by atoms with E-state index in [0.717, 1.165) is 5.56 Å². The van der Waals surface area contributed by atoms with Crippen LogP contribution in [0.4, 0.5) is 13.6 Å². The molecular weight excluding hydrogens is 358 g/mol. The second-order valence-corrected chi connectivity index (χ2v) is 6.64. The van der Waals surface area contributed by atoms with E-state index in [0.29, 0.717) is 5.02 Å². The molecule has 0 radical (unpaired) electrons. The van der Waals surface area contributed by atoms with Gasteiger partial charge in [-0.3, -0.25) is 4.79 Å². The van der Waals surface area contributed by atoms with Crippen LogP contribution in [0.25, 0.3) is 0 Å². The van der Waals surface area contributed by atoms with Gasteiger partial charge in [0.2, 0.25) is 6.10 Å². The van der Waals surface area contributed by atoms with E-state index in [1.165, 1.54) is 0 Å². The second kappa shape index (κ2) is 9.53. The van der Waals surface area contributed by atoms with E-state index >= 15 is 0 Å². The highest BCUT2D eigenvalue weighted by Crippen LogP contribution is 2.10. The first kappa shape index (κ1) is 21.1. The van der Waals surface area contributed by atoms with E-state index in [2.05, 4.69) is 15.4 Å². The summed E-state index contributed by atoms with van der Waals surface area (Å²) >= 11 is 5.77. The lowest BCUT2D eigenvalue weighted by Crippen LogP contribution is -2.47. The Balaban J connectivity index is 2.64. The van der Waals surface area contributed by atoms with Gasteiger partial charge in [-0.2, -0.15) is 8.78 Å². The van der Waals surface area contributed by atoms with Gasteiger partial charge in [0.05, 0.1) is 6.61 Å². The van der Waals surface area contributed by atoms with Crippen molar-refractivity contribution < 1.29 is 27.8 Å². The summed E-state index contributed by atoms with van der Waals surface area (Å²) in [4.78, 5) is 23.9. The monoisotopic (exact) mass is 378 g/mol. The molecule has 0 aliphatic carbocycles. The molecule has 0 bridgehead atoms. The summed E-state index contributed by atoms with van der Waals surface area (Å²) in [5.74, 6) is -0.750. The van der Waals surface area contributed by atoms with Gasteiger partial charge in [0, 0.05) is 17.1 Å². The van der Waals surface area contributed by atoms with E-state index in [-0.39, 0.29) is 6.54 Å². The van der Waals surface area contributed by atoms with Gasteiger partial charge < -0.3 is 20.1 Å². The first-order valence-corrected chi connectivity index (χ1v) is 7.85. The Labute approximate surface area is 149 Å². The first-order chi connectivity index (χ1) is 11.6.